The van der Waals surface area contributed by atoms with Gasteiger partial charge in [-0.05, 0) is 6.26 Å². The second kappa shape index (κ2) is 1.88. The lowest BCUT2D eigenvalue weighted by Crippen LogP contribution is -1.86. The molecule has 1 unspecified atom stereocenters. The minimum Gasteiger partial charge on any atom is -0.392 e. The Morgan fingerprint density at radius 2 is 2.71 bits per heavy atom. The zero-order valence-electron chi connectivity index (χ0n) is 3.92. The Bertz CT molecular complexity index is 138. The van der Waals surface area contributed by atoms with Crippen LogP contribution in [0.25, 0.3) is 0 Å². The van der Waals surface area contributed by atoms with E-state index in [1.165, 1.54) is 11.9 Å². The molecule has 0 aromatic heterocycles. The largest absolute Gasteiger partial charge is 0.392 e. The average molecular weight is 134 g/mol. The van der Waals surface area contributed by atoms with Crippen LogP contribution in [0, 0.1) is 0 Å². The molecule has 1 atom stereocenters. The topological polar surface area (TPSA) is 38.4 Å². The third-order valence-electron chi connectivity index (χ3n) is 0.547. The Kier molecular flexibility index (Phi) is 1.39. The van der Waals surface area contributed by atoms with Crippen LogP contribution < -0.4 is 5.73 Å². The van der Waals surface area contributed by atoms with Crippen LogP contribution >= 0.6 is 11.9 Å². The van der Waals surface area contributed by atoms with Crippen LogP contribution in [-0.2, 0) is 10.7 Å². The highest BCUT2D eigenvalue weighted by molar-refractivity contribution is 8.11. The van der Waals surface area contributed by atoms with Crippen LogP contribution in [0.2, 0.25) is 0 Å². The molecular formula is C3H6N2S2. The fourth-order valence-corrected chi connectivity index (χ4v) is 2.23. The van der Waals surface area contributed by atoms with Gasteiger partial charge < -0.3 is 5.73 Å². The van der Waals surface area contributed by atoms with Gasteiger partial charge in [0.15, 0.2) is 0 Å². The zero-order chi connectivity index (χ0) is 5.28. The van der Waals surface area contributed by atoms with Gasteiger partial charge in [0.25, 0.3) is 0 Å². The van der Waals surface area contributed by atoms with Crippen LogP contribution in [0.3, 0.4) is 0 Å². The molecule has 0 fully saturated rings. The monoisotopic (exact) mass is 134 g/mol. The van der Waals surface area contributed by atoms with Crippen molar-refractivity contribution in [2.24, 2.45) is 9.50 Å². The summed E-state index contributed by atoms with van der Waals surface area (Å²) >= 11 is 1.38. The highest BCUT2D eigenvalue weighted by Gasteiger charge is 1.97. The number of nitrogens with two attached hydrogens (primary N) is 1. The van der Waals surface area contributed by atoms with E-state index in [-0.39, 0.29) is 10.7 Å². The average Bonchev–Trinajstić information content (AvgIpc) is 1.87. The summed E-state index contributed by atoms with van der Waals surface area (Å²) in [5, 5.41) is 2.80. The quantitative estimate of drug-likeness (QED) is 0.498. The van der Waals surface area contributed by atoms with E-state index in [1.54, 1.807) is 0 Å². The molecule has 0 spiro atoms. The van der Waals surface area contributed by atoms with Crippen molar-refractivity contribution in [1.29, 1.82) is 0 Å². The maximum Gasteiger partial charge on any atom is 0.0966 e. The Morgan fingerprint density at radius 3 is 2.86 bits per heavy atom. The first kappa shape index (κ1) is 5.18. The summed E-state index contributed by atoms with van der Waals surface area (Å²) in [5.41, 5.74) is 5.36. The maximum absolute atomic E-state index is 5.36. The molecule has 2 nitrogen and oxygen atoms in total. The van der Waals surface area contributed by atoms with Crippen LogP contribution in [-0.4, -0.2) is 6.26 Å². The second-order valence-electron chi connectivity index (χ2n) is 1.21. The molecule has 0 bridgehead atoms. The molecule has 1 rings (SSSR count). The summed E-state index contributed by atoms with van der Waals surface area (Å²) in [5.74, 6) is 0. The van der Waals surface area contributed by atoms with Gasteiger partial charge in [-0.25, -0.2) is 0 Å². The Labute approximate surface area is 49.4 Å². The Balaban J connectivity index is 2.69. The first-order chi connectivity index (χ1) is 3.29. The number of rotatable bonds is 0. The third kappa shape index (κ3) is 1.21. The lowest BCUT2D eigenvalue weighted by atomic mass is 11.1. The van der Waals surface area contributed by atoms with Crippen molar-refractivity contribution in [1.82, 2.24) is 0 Å². The van der Waals surface area contributed by atoms with Gasteiger partial charge in [-0.15, -0.1) is 0 Å². The van der Waals surface area contributed by atoms with E-state index in [0.717, 1.165) is 5.03 Å². The van der Waals surface area contributed by atoms with Crippen LogP contribution in [0.5, 0.6) is 0 Å². The van der Waals surface area contributed by atoms with Crippen molar-refractivity contribution in [3.8, 4) is 0 Å². The molecule has 2 N–H and O–H groups in total. The van der Waals surface area contributed by atoms with E-state index in [9.17, 15) is 0 Å². The van der Waals surface area contributed by atoms with Gasteiger partial charge in [0.05, 0.1) is 5.03 Å². The standard InChI is InChI=1S/C3H6N2S2/c1-7-2-3(4)6-5-7/h2H,4H2,1H3. The highest BCUT2D eigenvalue weighted by Crippen LogP contribution is 2.19. The smallest absolute Gasteiger partial charge is 0.0966 e. The fraction of sp³-hybridized carbons (Fsp3) is 0.333. The molecule has 0 amide bonds. The van der Waals surface area contributed by atoms with E-state index in [2.05, 4.69) is 3.77 Å². The van der Waals surface area contributed by atoms with Crippen LogP contribution in [0.4, 0.5) is 0 Å². The number of hydrogen-bond acceptors (Lipinski definition) is 3. The normalized spacial score (nSPS) is 29.3. The molecule has 0 radical (unpaired) electrons. The second-order valence-corrected chi connectivity index (χ2v) is 3.74. The minimum absolute atomic E-state index is 0.0980. The van der Waals surface area contributed by atoms with Crippen LogP contribution in [0.1, 0.15) is 0 Å². The van der Waals surface area contributed by atoms with Crippen molar-refractivity contribution >= 4 is 22.6 Å². The van der Waals surface area contributed by atoms with Crippen molar-refractivity contribution in [2.45, 2.75) is 0 Å². The summed E-state index contributed by atoms with van der Waals surface area (Å²) < 4.78 is 4.04. The fourth-order valence-electron chi connectivity index (χ4n) is 0.313. The van der Waals surface area contributed by atoms with Crippen molar-refractivity contribution in [3.05, 3.63) is 10.4 Å². The van der Waals surface area contributed by atoms with Gasteiger partial charge in [-0.2, -0.15) is 3.77 Å². The van der Waals surface area contributed by atoms with E-state index in [4.69, 9.17) is 5.73 Å². The molecule has 4 heteroatoms. The minimum atomic E-state index is 0.0980. The molecule has 40 valence electrons. The molecular weight excluding hydrogens is 128 g/mol. The highest BCUT2D eigenvalue weighted by atomic mass is 32.2. The van der Waals surface area contributed by atoms with Gasteiger partial charge in [0.2, 0.25) is 0 Å². The zero-order valence-corrected chi connectivity index (χ0v) is 5.55. The molecule has 0 aromatic rings. The first-order valence-corrected chi connectivity index (χ1v) is 4.22. The van der Waals surface area contributed by atoms with E-state index in [1.807, 2.05) is 11.7 Å². The molecule has 0 aromatic carbocycles. The first-order valence-electron chi connectivity index (χ1n) is 1.79. The molecule has 0 aliphatic carbocycles. The predicted octanol–water partition coefficient (Wildman–Crippen LogP) is 0.838. The van der Waals surface area contributed by atoms with Gasteiger partial charge in [-0.3, -0.25) is 0 Å². The maximum atomic E-state index is 5.36. The van der Waals surface area contributed by atoms with Gasteiger partial charge >= 0.3 is 0 Å². The van der Waals surface area contributed by atoms with Crippen LogP contribution in [0.15, 0.2) is 14.2 Å². The SMILES string of the molecule is CS1=NSC(N)=C1. The molecule has 7 heavy (non-hydrogen) atoms. The van der Waals surface area contributed by atoms with Crippen molar-refractivity contribution < 1.29 is 0 Å². The van der Waals surface area contributed by atoms with Crippen molar-refractivity contribution in [2.75, 3.05) is 6.26 Å². The van der Waals surface area contributed by atoms with Crippen molar-refractivity contribution in [3.63, 3.8) is 0 Å². The summed E-state index contributed by atoms with van der Waals surface area (Å²) in [6, 6.07) is 0. The summed E-state index contributed by atoms with van der Waals surface area (Å²) in [6.07, 6.45) is 2.03. The Morgan fingerprint density at radius 1 is 2.00 bits per heavy atom. The third-order valence-corrected chi connectivity index (χ3v) is 2.86. The lowest BCUT2D eigenvalue weighted by molar-refractivity contribution is 1.58. The Hall–Kier alpha value is 0.0400. The summed E-state index contributed by atoms with van der Waals surface area (Å²) in [6.45, 7) is 0. The van der Waals surface area contributed by atoms with Gasteiger partial charge in [0.1, 0.15) is 0 Å². The van der Waals surface area contributed by atoms with E-state index in [0.29, 0.717) is 0 Å². The van der Waals surface area contributed by atoms with Gasteiger partial charge in [-0.1, -0.05) is 10.7 Å². The molecule has 1 aliphatic heterocycles. The van der Waals surface area contributed by atoms with E-state index >= 15 is 0 Å². The molecule has 0 saturated carbocycles. The summed E-state index contributed by atoms with van der Waals surface area (Å²) in [4.78, 5) is 0. The predicted molar refractivity (Wildman–Crippen MR) is 35.6 cm³/mol. The van der Waals surface area contributed by atoms with E-state index < -0.39 is 0 Å². The summed E-state index contributed by atoms with van der Waals surface area (Å²) in [7, 11) is 0.0980. The number of hydrogen-bond donors (Lipinski definition) is 1. The molecule has 1 aliphatic rings. The lowest BCUT2D eigenvalue weighted by Gasteiger charge is -1.77. The number of nitrogens with zero attached hydrogens (tertiary/aromatic N) is 1. The molecule has 1 heterocycles. The molecule has 0 saturated heterocycles. The van der Waals surface area contributed by atoms with Gasteiger partial charge in [0, 0.05) is 17.4 Å².